The summed E-state index contributed by atoms with van der Waals surface area (Å²) in [5, 5.41) is 19.4. The minimum Gasteiger partial charge on any atom is -0.301 e. The Balaban J connectivity index is 1.41. The standard InChI is InChI=1S/C28H20N6O2/c1-18-6-4-9-20(14-18)26-27(34-25(32-26)10-5-12-30-34)21-11-13-29-24(16-21)31-28(35)23-15-19-7-2-3-8-22(19)17-33(23)36/h2-17H,1H3,(H-,29,31,35,36)/p+1. The Morgan fingerprint density at radius 3 is 2.64 bits per heavy atom. The predicted octanol–water partition coefficient (Wildman–Crippen LogP) is 4.70. The summed E-state index contributed by atoms with van der Waals surface area (Å²) in [6.07, 6.45) is 4.84. The van der Waals surface area contributed by atoms with Crippen molar-refractivity contribution in [2.24, 2.45) is 0 Å². The van der Waals surface area contributed by atoms with E-state index in [0.29, 0.717) is 11.5 Å². The highest BCUT2D eigenvalue weighted by Crippen LogP contribution is 2.33. The molecule has 0 spiro atoms. The lowest BCUT2D eigenvalue weighted by atomic mass is 10.0. The Bertz CT molecular complexity index is 1780. The van der Waals surface area contributed by atoms with Gasteiger partial charge in [0.05, 0.1) is 11.1 Å². The second-order valence-electron chi connectivity index (χ2n) is 8.49. The number of carbonyl (C=O) groups excluding carboxylic acids is 1. The van der Waals surface area contributed by atoms with Gasteiger partial charge in [-0.3, -0.25) is 10.0 Å². The Kier molecular flexibility index (Phi) is 5.11. The molecule has 0 unspecified atom stereocenters. The Morgan fingerprint density at radius 2 is 1.78 bits per heavy atom. The molecule has 0 fully saturated rings. The molecule has 0 radical (unpaired) electrons. The Morgan fingerprint density at radius 1 is 0.917 bits per heavy atom. The summed E-state index contributed by atoms with van der Waals surface area (Å²) in [5.41, 5.74) is 5.26. The average molecular weight is 474 g/mol. The summed E-state index contributed by atoms with van der Waals surface area (Å²) in [6.45, 7) is 2.04. The number of anilines is 1. The summed E-state index contributed by atoms with van der Waals surface area (Å²) in [6, 6.07) is 24.7. The van der Waals surface area contributed by atoms with Crippen LogP contribution >= 0.6 is 0 Å². The molecule has 4 heterocycles. The first-order chi connectivity index (χ1) is 17.6. The van der Waals surface area contributed by atoms with E-state index < -0.39 is 5.91 Å². The van der Waals surface area contributed by atoms with Gasteiger partial charge in [-0.2, -0.15) is 5.10 Å². The van der Waals surface area contributed by atoms with Crippen LogP contribution in [0.1, 0.15) is 16.1 Å². The third-order valence-corrected chi connectivity index (χ3v) is 5.99. The Hall–Kier alpha value is -5.11. The molecular weight excluding hydrogens is 452 g/mol. The number of hydrogen-bond acceptors (Lipinski definition) is 5. The molecule has 0 bridgehead atoms. The van der Waals surface area contributed by atoms with E-state index in [1.54, 1.807) is 29.0 Å². The van der Waals surface area contributed by atoms with Gasteiger partial charge in [0.15, 0.2) is 5.65 Å². The molecule has 6 rings (SSSR count). The fourth-order valence-electron chi connectivity index (χ4n) is 4.31. The summed E-state index contributed by atoms with van der Waals surface area (Å²) in [4.78, 5) is 22.2. The molecule has 174 valence electrons. The van der Waals surface area contributed by atoms with E-state index in [-0.39, 0.29) is 5.69 Å². The van der Waals surface area contributed by atoms with Crippen LogP contribution in [0, 0.1) is 6.92 Å². The fraction of sp³-hybridized carbons (Fsp3) is 0.0357. The van der Waals surface area contributed by atoms with Crippen LogP contribution in [0.15, 0.2) is 97.5 Å². The molecular formula is C28H21N6O2+. The van der Waals surface area contributed by atoms with E-state index in [1.807, 2.05) is 67.6 Å². The number of aryl methyl sites for hydroxylation is 1. The van der Waals surface area contributed by atoms with Crippen molar-refractivity contribution in [2.45, 2.75) is 6.92 Å². The van der Waals surface area contributed by atoms with Crippen LogP contribution in [0.4, 0.5) is 5.82 Å². The zero-order chi connectivity index (χ0) is 24.6. The van der Waals surface area contributed by atoms with Gasteiger partial charge < -0.3 is 5.32 Å². The summed E-state index contributed by atoms with van der Waals surface area (Å²) in [7, 11) is 0. The third kappa shape index (κ3) is 3.80. The number of pyridine rings is 2. The zero-order valence-electron chi connectivity index (χ0n) is 19.3. The number of nitrogens with zero attached hydrogens (tertiary/aromatic N) is 5. The number of benzene rings is 2. The van der Waals surface area contributed by atoms with Crippen molar-refractivity contribution >= 4 is 28.1 Å². The average Bonchev–Trinajstić information content (AvgIpc) is 3.28. The van der Waals surface area contributed by atoms with E-state index in [9.17, 15) is 10.0 Å². The van der Waals surface area contributed by atoms with Gasteiger partial charge in [-0.25, -0.2) is 14.5 Å². The minimum atomic E-state index is -0.483. The van der Waals surface area contributed by atoms with Crippen LogP contribution in [0.2, 0.25) is 0 Å². The molecule has 1 amide bonds. The van der Waals surface area contributed by atoms with E-state index in [0.717, 1.165) is 43.6 Å². The van der Waals surface area contributed by atoms with Gasteiger partial charge in [-0.05, 0) is 48.7 Å². The van der Waals surface area contributed by atoms with Crippen molar-refractivity contribution in [3.05, 3.63) is 109 Å². The molecule has 8 heteroatoms. The molecule has 4 aromatic heterocycles. The quantitative estimate of drug-likeness (QED) is 0.286. The number of imidazole rings is 1. The van der Waals surface area contributed by atoms with Crippen LogP contribution in [-0.4, -0.2) is 30.7 Å². The lowest BCUT2D eigenvalue weighted by molar-refractivity contribution is -0.904. The van der Waals surface area contributed by atoms with E-state index in [1.165, 1.54) is 6.20 Å². The maximum Gasteiger partial charge on any atom is 0.326 e. The van der Waals surface area contributed by atoms with Crippen molar-refractivity contribution in [3.63, 3.8) is 0 Å². The second-order valence-corrected chi connectivity index (χ2v) is 8.49. The number of carbonyl (C=O) groups is 1. The number of nitrogens with one attached hydrogen (secondary N) is 1. The van der Waals surface area contributed by atoms with Gasteiger partial charge in [-0.1, -0.05) is 42.0 Å². The van der Waals surface area contributed by atoms with Crippen molar-refractivity contribution in [3.8, 4) is 22.5 Å². The van der Waals surface area contributed by atoms with Gasteiger partial charge in [0, 0.05) is 34.3 Å². The van der Waals surface area contributed by atoms with Gasteiger partial charge in [0.1, 0.15) is 11.5 Å². The van der Waals surface area contributed by atoms with Crippen molar-refractivity contribution in [2.75, 3.05) is 5.32 Å². The first-order valence-corrected chi connectivity index (χ1v) is 11.4. The van der Waals surface area contributed by atoms with Crippen LogP contribution < -0.4 is 10.0 Å². The van der Waals surface area contributed by atoms with Gasteiger partial charge in [0.25, 0.3) is 0 Å². The van der Waals surface area contributed by atoms with Crippen LogP contribution in [-0.2, 0) is 0 Å². The number of aromatic nitrogens is 5. The smallest absolute Gasteiger partial charge is 0.301 e. The highest BCUT2D eigenvalue weighted by molar-refractivity contribution is 6.03. The number of rotatable bonds is 4. The lowest BCUT2D eigenvalue weighted by Crippen LogP contribution is -2.39. The highest BCUT2D eigenvalue weighted by Gasteiger charge is 2.23. The van der Waals surface area contributed by atoms with E-state index in [2.05, 4.69) is 21.5 Å². The van der Waals surface area contributed by atoms with Crippen LogP contribution in [0.25, 0.3) is 38.9 Å². The topological polar surface area (TPSA) is 96.3 Å². The number of amides is 1. The highest BCUT2D eigenvalue weighted by atomic mass is 16.5. The second kappa shape index (κ2) is 8.59. The molecule has 6 aromatic rings. The number of hydrogen-bond donors (Lipinski definition) is 2. The maximum atomic E-state index is 13.1. The SMILES string of the molecule is Cc1cccc(-c2nc3cccnn3c2-c2ccnc(NC(=O)c3cc4ccccc4c[n+]3O)c2)c1. The van der Waals surface area contributed by atoms with Crippen molar-refractivity contribution < 1.29 is 14.7 Å². The molecule has 0 aliphatic heterocycles. The number of fused-ring (bicyclic) bond motifs is 2. The molecule has 0 saturated heterocycles. The third-order valence-electron chi connectivity index (χ3n) is 5.99. The lowest BCUT2D eigenvalue weighted by Gasteiger charge is -2.08. The molecule has 36 heavy (non-hydrogen) atoms. The first kappa shape index (κ1) is 21.4. The van der Waals surface area contributed by atoms with E-state index in [4.69, 9.17) is 4.98 Å². The Labute approximate surface area is 206 Å². The molecule has 0 atom stereocenters. The summed E-state index contributed by atoms with van der Waals surface area (Å²) < 4.78 is 2.61. The fourth-order valence-corrected chi connectivity index (χ4v) is 4.31. The van der Waals surface area contributed by atoms with Crippen molar-refractivity contribution in [1.29, 1.82) is 0 Å². The van der Waals surface area contributed by atoms with Gasteiger partial charge in [0.2, 0.25) is 6.20 Å². The molecule has 2 aromatic carbocycles. The summed E-state index contributed by atoms with van der Waals surface area (Å²) in [5.74, 6) is -0.144. The van der Waals surface area contributed by atoms with Gasteiger partial charge in [-0.15, -0.1) is 0 Å². The summed E-state index contributed by atoms with van der Waals surface area (Å²) >= 11 is 0. The monoisotopic (exact) mass is 473 g/mol. The first-order valence-electron chi connectivity index (χ1n) is 11.4. The van der Waals surface area contributed by atoms with E-state index >= 15 is 0 Å². The molecule has 0 aliphatic rings. The van der Waals surface area contributed by atoms with Crippen LogP contribution in [0.5, 0.6) is 0 Å². The van der Waals surface area contributed by atoms with Crippen molar-refractivity contribution in [1.82, 2.24) is 19.6 Å². The van der Waals surface area contributed by atoms with Gasteiger partial charge >= 0.3 is 11.6 Å². The normalized spacial score (nSPS) is 11.1. The molecule has 8 nitrogen and oxygen atoms in total. The largest absolute Gasteiger partial charge is 0.326 e. The molecule has 2 N–H and O–H groups in total. The molecule has 0 saturated carbocycles. The zero-order valence-corrected chi connectivity index (χ0v) is 19.3. The predicted molar refractivity (Wildman–Crippen MR) is 136 cm³/mol. The minimum absolute atomic E-state index is 0.0952. The maximum absolute atomic E-state index is 13.1. The van der Waals surface area contributed by atoms with Crippen LogP contribution in [0.3, 0.4) is 0 Å². The molecule has 0 aliphatic carbocycles.